The fraction of sp³-hybridized carbons (Fsp3) is 0.692. The lowest BCUT2D eigenvalue weighted by Crippen LogP contribution is -2.33. The molecule has 0 aliphatic heterocycles. The van der Waals surface area contributed by atoms with Crippen molar-refractivity contribution >= 4 is 17.4 Å². The van der Waals surface area contributed by atoms with E-state index in [0.717, 1.165) is 24.5 Å². The van der Waals surface area contributed by atoms with Crippen molar-refractivity contribution in [2.45, 2.75) is 57.9 Å². The van der Waals surface area contributed by atoms with Crippen molar-refractivity contribution < 1.29 is 0 Å². The molecule has 1 fully saturated rings. The van der Waals surface area contributed by atoms with Crippen molar-refractivity contribution in [2.75, 3.05) is 5.32 Å². The van der Waals surface area contributed by atoms with Gasteiger partial charge in [-0.25, -0.2) is 9.97 Å². The quantitative estimate of drug-likeness (QED) is 0.806. The molecule has 0 radical (unpaired) electrons. The molecule has 0 spiro atoms. The third-order valence-corrected chi connectivity index (χ3v) is 3.84. The highest BCUT2D eigenvalue weighted by molar-refractivity contribution is 6.29. The van der Waals surface area contributed by atoms with Crippen LogP contribution in [0.25, 0.3) is 0 Å². The van der Waals surface area contributed by atoms with E-state index < -0.39 is 0 Å². The Morgan fingerprint density at radius 3 is 2.53 bits per heavy atom. The molecule has 1 heterocycles. The van der Waals surface area contributed by atoms with Gasteiger partial charge in [-0.3, -0.25) is 0 Å². The second kappa shape index (κ2) is 4.81. The van der Waals surface area contributed by atoms with Gasteiger partial charge in [0, 0.05) is 17.5 Å². The highest BCUT2D eigenvalue weighted by Crippen LogP contribution is 2.39. The largest absolute Gasteiger partial charge is 0.365 e. The number of nitrogens with one attached hydrogen (secondary N) is 1. The molecule has 0 unspecified atom stereocenters. The molecular formula is C13H20ClN3. The minimum atomic E-state index is 0.0818. The summed E-state index contributed by atoms with van der Waals surface area (Å²) in [4.78, 5) is 8.86. The highest BCUT2D eigenvalue weighted by atomic mass is 35.5. The second-order valence-electron chi connectivity index (χ2n) is 5.10. The van der Waals surface area contributed by atoms with Crippen molar-refractivity contribution in [3.63, 3.8) is 0 Å². The first-order valence-electron chi connectivity index (χ1n) is 6.39. The first-order chi connectivity index (χ1) is 8.06. The summed E-state index contributed by atoms with van der Waals surface area (Å²) in [5.41, 5.74) is 0.0818. The smallest absolute Gasteiger partial charge is 0.135 e. The van der Waals surface area contributed by atoms with Gasteiger partial charge in [0.2, 0.25) is 0 Å². The fourth-order valence-corrected chi connectivity index (χ4v) is 1.95. The number of hydrogen-bond donors (Lipinski definition) is 1. The van der Waals surface area contributed by atoms with E-state index in [1.165, 1.54) is 12.8 Å². The molecule has 1 aromatic heterocycles. The van der Waals surface area contributed by atoms with Crippen LogP contribution in [0.15, 0.2) is 6.07 Å². The van der Waals surface area contributed by atoms with Gasteiger partial charge in [0.25, 0.3) is 0 Å². The van der Waals surface area contributed by atoms with E-state index in [4.69, 9.17) is 11.6 Å². The van der Waals surface area contributed by atoms with E-state index >= 15 is 0 Å². The van der Waals surface area contributed by atoms with Crippen LogP contribution in [-0.4, -0.2) is 15.5 Å². The molecular weight excluding hydrogens is 234 g/mol. The Balaban J connectivity index is 2.20. The van der Waals surface area contributed by atoms with Crippen LogP contribution in [0.2, 0.25) is 5.15 Å². The van der Waals surface area contributed by atoms with E-state index in [2.05, 4.69) is 36.1 Å². The molecule has 0 atom stereocenters. The maximum atomic E-state index is 6.05. The van der Waals surface area contributed by atoms with Gasteiger partial charge in [-0.2, -0.15) is 0 Å². The van der Waals surface area contributed by atoms with E-state index in [-0.39, 0.29) is 5.54 Å². The highest BCUT2D eigenvalue weighted by Gasteiger charge is 2.28. The van der Waals surface area contributed by atoms with Gasteiger partial charge in [0.15, 0.2) is 0 Å². The fourth-order valence-electron chi connectivity index (χ4n) is 1.76. The van der Waals surface area contributed by atoms with Gasteiger partial charge in [-0.05, 0) is 32.6 Å². The zero-order valence-electron chi connectivity index (χ0n) is 10.8. The molecule has 2 rings (SSSR count). The molecule has 0 aromatic carbocycles. The third-order valence-electron chi connectivity index (χ3n) is 3.65. The number of nitrogens with zero attached hydrogens (tertiary/aromatic N) is 2. The number of rotatable bonds is 5. The van der Waals surface area contributed by atoms with Gasteiger partial charge in [-0.1, -0.05) is 25.4 Å². The average Bonchev–Trinajstić information content (AvgIpc) is 3.12. The molecule has 0 bridgehead atoms. The van der Waals surface area contributed by atoms with Crippen LogP contribution in [0.5, 0.6) is 0 Å². The first-order valence-corrected chi connectivity index (χ1v) is 6.77. The van der Waals surface area contributed by atoms with Crippen LogP contribution in [-0.2, 0) is 0 Å². The normalized spacial score (nSPS) is 16.0. The monoisotopic (exact) mass is 253 g/mol. The van der Waals surface area contributed by atoms with E-state index in [0.29, 0.717) is 11.1 Å². The molecule has 0 amide bonds. The third kappa shape index (κ3) is 3.09. The van der Waals surface area contributed by atoms with Gasteiger partial charge >= 0.3 is 0 Å². The molecule has 4 heteroatoms. The van der Waals surface area contributed by atoms with Crippen molar-refractivity contribution in [3.05, 3.63) is 17.0 Å². The summed E-state index contributed by atoms with van der Waals surface area (Å²) in [6.45, 7) is 6.57. The molecule has 1 N–H and O–H groups in total. The molecule has 3 nitrogen and oxygen atoms in total. The maximum absolute atomic E-state index is 6.05. The second-order valence-corrected chi connectivity index (χ2v) is 5.49. The van der Waals surface area contributed by atoms with Crippen LogP contribution < -0.4 is 5.32 Å². The van der Waals surface area contributed by atoms with E-state index in [1.807, 2.05) is 6.07 Å². The van der Waals surface area contributed by atoms with Gasteiger partial charge in [0.05, 0.1) is 0 Å². The summed E-state index contributed by atoms with van der Waals surface area (Å²) < 4.78 is 0. The Kier molecular flexibility index (Phi) is 3.57. The van der Waals surface area contributed by atoms with Crippen molar-refractivity contribution in [3.8, 4) is 0 Å². The predicted molar refractivity (Wildman–Crippen MR) is 71.6 cm³/mol. The summed E-state index contributed by atoms with van der Waals surface area (Å²) in [5.74, 6) is 2.29. The zero-order valence-corrected chi connectivity index (χ0v) is 11.5. The molecule has 94 valence electrons. The van der Waals surface area contributed by atoms with E-state index in [1.54, 1.807) is 0 Å². The lowest BCUT2D eigenvalue weighted by molar-refractivity contribution is 0.476. The minimum Gasteiger partial charge on any atom is -0.365 e. The standard InChI is InChI=1S/C13H20ClN3/c1-4-13(3,5-2)17-11-8-10(14)15-12(16-11)9-6-7-9/h8-9H,4-7H2,1-3H3,(H,15,16,17). The summed E-state index contributed by atoms with van der Waals surface area (Å²) in [7, 11) is 0. The van der Waals surface area contributed by atoms with E-state index in [9.17, 15) is 0 Å². The first kappa shape index (κ1) is 12.6. The Bertz CT molecular complexity index is 398. The van der Waals surface area contributed by atoms with Crippen molar-refractivity contribution in [2.24, 2.45) is 0 Å². The molecule has 0 saturated heterocycles. The maximum Gasteiger partial charge on any atom is 0.135 e. The number of halogens is 1. The SMILES string of the molecule is CCC(C)(CC)Nc1cc(Cl)nc(C2CC2)n1. The molecule has 17 heavy (non-hydrogen) atoms. The molecule has 1 aromatic rings. The molecule has 1 saturated carbocycles. The minimum absolute atomic E-state index is 0.0818. The summed E-state index contributed by atoms with van der Waals surface area (Å²) in [6, 6.07) is 1.82. The molecule has 1 aliphatic rings. The van der Waals surface area contributed by atoms with Gasteiger partial charge in [-0.15, -0.1) is 0 Å². The Hall–Kier alpha value is -0.830. The van der Waals surface area contributed by atoms with Crippen LogP contribution in [0.1, 0.15) is 58.2 Å². The van der Waals surface area contributed by atoms with Crippen LogP contribution in [0.3, 0.4) is 0 Å². The van der Waals surface area contributed by atoms with Crippen molar-refractivity contribution in [1.82, 2.24) is 9.97 Å². The Labute approximate surface area is 108 Å². The number of aromatic nitrogens is 2. The van der Waals surface area contributed by atoms with Gasteiger partial charge < -0.3 is 5.32 Å². The van der Waals surface area contributed by atoms with Gasteiger partial charge in [0.1, 0.15) is 16.8 Å². The number of hydrogen-bond acceptors (Lipinski definition) is 3. The lowest BCUT2D eigenvalue weighted by Gasteiger charge is -2.29. The summed E-state index contributed by atoms with van der Waals surface area (Å²) in [6.07, 6.45) is 4.50. The lowest BCUT2D eigenvalue weighted by atomic mass is 9.96. The topological polar surface area (TPSA) is 37.8 Å². The zero-order chi connectivity index (χ0) is 12.5. The van der Waals surface area contributed by atoms with Crippen LogP contribution in [0, 0.1) is 0 Å². The number of anilines is 1. The van der Waals surface area contributed by atoms with Crippen molar-refractivity contribution in [1.29, 1.82) is 0 Å². The Morgan fingerprint density at radius 1 is 1.35 bits per heavy atom. The predicted octanol–water partition coefficient (Wildman–Crippen LogP) is 4.00. The summed E-state index contributed by atoms with van der Waals surface area (Å²) >= 11 is 6.05. The van der Waals surface area contributed by atoms with Crippen LogP contribution in [0.4, 0.5) is 5.82 Å². The Morgan fingerprint density at radius 2 is 2.00 bits per heavy atom. The molecule has 1 aliphatic carbocycles. The van der Waals surface area contributed by atoms with Crippen LogP contribution >= 0.6 is 11.6 Å². The summed E-state index contributed by atoms with van der Waals surface area (Å²) in [5, 5.41) is 4.02. The average molecular weight is 254 g/mol.